The lowest BCUT2D eigenvalue weighted by atomic mass is 9.87. The van der Waals surface area contributed by atoms with Crippen LogP contribution in [-0.4, -0.2) is 33.9 Å². The molecule has 2 rings (SSSR count). The van der Waals surface area contributed by atoms with E-state index in [1.165, 1.54) is 0 Å². The SMILES string of the molecule is CC1(C)CC(N)CCN1C(=O)c1ccccn1. The molecule has 1 atom stereocenters. The lowest BCUT2D eigenvalue weighted by molar-refractivity contribution is 0.0394. The molecule has 1 fully saturated rings. The Labute approximate surface area is 102 Å². The summed E-state index contributed by atoms with van der Waals surface area (Å²) in [6.07, 6.45) is 3.35. The summed E-state index contributed by atoms with van der Waals surface area (Å²) < 4.78 is 0. The van der Waals surface area contributed by atoms with Crippen LogP contribution in [0.3, 0.4) is 0 Å². The molecule has 1 aliphatic rings. The van der Waals surface area contributed by atoms with Crippen LogP contribution in [0.2, 0.25) is 0 Å². The molecule has 1 amide bonds. The Bertz CT molecular complexity index is 402. The minimum atomic E-state index is -0.188. The van der Waals surface area contributed by atoms with Crippen LogP contribution in [0.5, 0.6) is 0 Å². The second-order valence-electron chi connectivity index (χ2n) is 5.24. The van der Waals surface area contributed by atoms with Gasteiger partial charge in [0.2, 0.25) is 0 Å². The third-order valence-corrected chi connectivity index (χ3v) is 3.35. The molecule has 0 saturated carbocycles. The first-order chi connectivity index (χ1) is 8.00. The Morgan fingerprint density at radius 1 is 1.53 bits per heavy atom. The highest BCUT2D eigenvalue weighted by atomic mass is 16.2. The minimum Gasteiger partial charge on any atom is -0.332 e. The summed E-state index contributed by atoms with van der Waals surface area (Å²) in [5.74, 6) is 0.00231. The van der Waals surface area contributed by atoms with Crippen molar-refractivity contribution < 1.29 is 4.79 Å². The number of nitrogens with two attached hydrogens (primary N) is 1. The summed E-state index contributed by atoms with van der Waals surface area (Å²) in [5.41, 5.74) is 6.28. The highest BCUT2D eigenvalue weighted by Gasteiger charge is 2.36. The fourth-order valence-corrected chi connectivity index (χ4v) is 2.46. The first-order valence-electron chi connectivity index (χ1n) is 5.99. The van der Waals surface area contributed by atoms with Crippen LogP contribution in [0.15, 0.2) is 24.4 Å². The number of hydrogen-bond donors (Lipinski definition) is 1. The fourth-order valence-electron chi connectivity index (χ4n) is 2.46. The van der Waals surface area contributed by atoms with E-state index in [0.29, 0.717) is 12.2 Å². The molecule has 2 heterocycles. The quantitative estimate of drug-likeness (QED) is 0.798. The van der Waals surface area contributed by atoms with Crippen LogP contribution in [0.1, 0.15) is 37.2 Å². The third kappa shape index (κ3) is 2.47. The van der Waals surface area contributed by atoms with Crippen LogP contribution >= 0.6 is 0 Å². The Morgan fingerprint density at radius 2 is 2.29 bits per heavy atom. The number of carbonyl (C=O) groups excluding carboxylic acids is 1. The molecule has 0 aromatic carbocycles. The molecule has 1 aromatic heterocycles. The highest BCUT2D eigenvalue weighted by Crippen LogP contribution is 2.27. The number of hydrogen-bond acceptors (Lipinski definition) is 3. The zero-order valence-electron chi connectivity index (χ0n) is 10.4. The zero-order valence-corrected chi connectivity index (χ0v) is 10.4. The van der Waals surface area contributed by atoms with Gasteiger partial charge in [-0.15, -0.1) is 0 Å². The molecule has 0 aliphatic carbocycles. The number of rotatable bonds is 1. The van der Waals surface area contributed by atoms with Crippen molar-refractivity contribution >= 4 is 5.91 Å². The summed E-state index contributed by atoms with van der Waals surface area (Å²) in [6.45, 7) is 4.84. The normalized spacial score (nSPS) is 23.5. The monoisotopic (exact) mass is 233 g/mol. The Kier molecular flexibility index (Phi) is 3.15. The molecule has 0 spiro atoms. The van der Waals surface area contributed by atoms with Crippen LogP contribution in [0.25, 0.3) is 0 Å². The molecule has 2 N–H and O–H groups in total. The molecule has 4 nitrogen and oxygen atoms in total. The van der Waals surface area contributed by atoms with E-state index < -0.39 is 0 Å². The Morgan fingerprint density at radius 3 is 2.88 bits per heavy atom. The molecule has 1 aromatic rings. The summed E-state index contributed by atoms with van der Waals surface area (Å²) in [7, 11) is 0. The van der Waals surface area contributed by atoms with E-state index in [9.17, 15) is 4.79 Å². The van der Waals surface area contributed by atoms with E-state index in [2.05, 4.69) is 18.8 Å². The van der Waals surface area contributed by atoms with E-state index in [-0.39, 0.29) is 17.5 Å². The highest BCUT2D eigenvalue weighted by molar-refractivity contribution is 5.92. The van der Waals surface area contributed by atoms with Gasteiger partial charge in [0.25, 0.3) is 5.91 Å². The number of likely N-dealkylation sites (tertiary alicyclic amines) is 1. The lowest BCUT2D eigenvalue weighted by Crippen LogP contribution is -2.55. The zero-order chi connectivity index (χ0) is 12.5. The molecule has 0 bridgehead atoms. The predicted octanol–water partition coefficient (Wildman–Crippen LogP) is 1.42. The van der Waals surface area contributed by atoms with Crippen molar-refractivity contribution in [1.29, 1.82) is 0 Å². The first kappa shape index (κ1) is 12.0. The average Bonchev–Trinajstić information content (AvgIpc) is 2.28. The van der Waals surface area contributed by atoms with E-state index in [4.69, 9.17) is 5.73 Å². The fraction of sp³-hybridized carbons (Fsp3) is 0.538. The van der Waals surface area contributed by atoms with Gasteiger partial charge in [0.15, 0.2) is 0 Å². The van der Waals surface area contributed by atoms with Gasteiger partial charge in [-0.1, -0.05) is 6.07 Å². The van der Waals surface area contributed by atoms with Crippen LogP contribution in [0.4, 0.5) is 0 Å². The summed E-state index contributed by atoms with van der Waals surface area (Å²) >= 11 is 0. The number of pyridine rings is 1. The maximum absolute atomic E-state index is 12.3. The molecular weight excluding hydrogens is 214 g/mol. The van der Waals surface area contributed by atoms with Crippen molar-refractivity contribution in [3.05, 3.63) is 30.1 Å². The van der Waals surface area contributed by atoms with E-state index in [1.54, 1.807) is 12.3 Å². The van der Waals surface area contributed by atoms with Crippen molar-refractivity contribution in [1.82, 2.24) is 9.88 Å². The molecule has 17 heavy (non-hydrogen) atoms. The Hall–Kier alpha value is -1.42. The second-order valence-corrected chi connectivity index (χ2v) is 5.24. The van der Waals surface area contributed by atoms with Crippen LogP contribution in [-0.2, 0) is 0 Å². The van der Waals surface area contributed by atoms with Crippen molar-refractivity contribution in [3.63, 3.8) is 0 Å². The summed E-state index contributed by atoms with van der Waals surface area (Å²) in [4.78, 5) is 18.3. The molecule has 4 heteroatoms. The van der Waals surface area contributed by atoms with E-state index >= 15 is 0 Å². The van der Waals surface area contributed by atoms with Gasteiger partial charge in [-0.05, 0) is 38.8 Å². The van der Waals surface area contributed by atoms with Crippen molar-refractivity contribution in [2.75, 3.05) is 6.54 Å². The maximum Gasteiger partial charge on any atom is 0.272 e. The lowest BCUT2D eigenvalue weighted by Gasteiger charge is -2.44. The van der Waals surface area contributed by atoms with Gasteiger partial charge < -0.3 is 10.6 Å². The van der Waals surface area contributed by atoms with Crippen molar-refractivity contribution in [3.8, 4) is 0 Å². The molecule has 1 aliphatic heterocycles. The molecule has 1 saturated heterocycles. The third-order valence-electron chi connectivity index (χ3n) is 3.35. The van der Waals surface area contributed by atoms with Gasteiger partial charge in [-0.2, -0.15) is 0 Å². The van der Waals surface area contributed by atoms with Gasteiger partial charge in [0.05, 0.1) is 0 Å². The second kappa shape index (κ2) is 4.45. The summed E-state index contributed by atoms with van der Waals surface area (Å²) in [6, 6.07) is 5.60. The van der Waals surface area contributed by atoms with Crippen LogP contribution in [0, 0.1) is 0 Å². The number of carbonyl (C=O) groups is 1. The Balaban J connectivity index is 2.20. The molecule has 92 valence electrons. The van der Waals surface area contributed by atoms with Gasteiger partial charge >= 0.3 is 0 Å². The average molecular weight is 233 g/mol. The largest absolute Gasteiger partial charge is 0.332 e. The number of amides is 1. The van der Waals surface area contributed by atoms with Crippen LogP contribution < -0.4 is 5.73 Å². The molecule has 0 radical (unpaired) electrons. The first-order valence-corrected chi connectivity index (χ1v) is 5.99. The van der Waals surface area contributed by atoms with E-state index in [0.717, 1.165) is 12.8 Å². The summed E-state index contributed by atoms with van der Waals surface area (Å²) in [5, 5.41) is 0. The molecular formula is C13H19N3O. The number of aromatic nitrogens is 1. The standard InChI is InChI=1S/C13H19N3O/c1-13(2)9-10(14)6-8-16(13)12(17)11-5-3-4-7-15-11/h3-5,7,10H,6,8-9,14H2,1-2H3. The van der Waals surface area contributed by atoms with Crippen molar-refractivity contribution in [2.24, 2.45) is 5.73 Å². The smallest absolute Gasteiger partial charge is 0.272 e. The number of nitrogens with zero attached hydrogens (tertiary/aromatic N) is 2. The van der Waals surface area contributed by atoms with Gasteiger partial charge in [-0.3, -0.25) is 9.78 Å². The van der Waals surface area contributed by atoms with E-state index in [1.807, 2.05) is 17.0 Å². The predicted molar refractivity (Wildman–Crippen MR) is 66.6 cm³/mol. The topological polar surface area (TPSA) is 59.2 Å². The molecule has 1 unspecified atom stereocenters. The minimum absolute atomic E-state index is 0.00231. The maximum atomic E-state index is 12.3. The van der Waals surface area contributed by atoms with Gasteiger partial charge in [0.1, 0.15) is 5.69 Å². The van der Waals surface area contributed by atoms with Gasteiger partial charge in [-0.25, -0.2) is 0 Å². The number of piperidine rings is 1. The van der Waals surface area contributed by atoms with Crippen molar-refractivity contribution in [2.45, 2.75) is 38.3 Å². The van der Waals surface area contributed by atoms with Gasteiger partial charge in [0, 0.05) is 24.3 Å².